The molecule has 0 heterocycles. The van der Waals surface area contributed by atoms with Gasteiger partial charge in [0.1, 0.15) is 0 Å². The van der Waals surface area contributed by atoms with Crippen LogP contribution in [0.1, 0.15) is 12.0 Å². The second kappa shape index (κ2) is 4.53. The summed E-state index contributed by atoms with van der Waals surface area (Å²) in [5.41, 5.74) is 1.07. The molecule has 0 bridgehead atoms. The molecule has 15 heavy (non-hydrogen) atoms. The number of alkyl halides is 1. The predicted molar refractivity (Wildman–Crippen MR) is 54.1 cm³/mol. The van der Waals surface area contributed by atoms with Crippen molar-refractivity contribution in [1.82, 2.24) is 0 Å². The van der Waals surface area contributed by atoms with Crippen molar-refractivity contribution in [3.05, 3.63) is 35.9 Å². The zero-order valence-electron chi connectivity index (χ0n) is 8.36. The molecule has 1 aromatic rings. The van der Waals surface area contributed by atoms with Crippen LogP contribution in [0.15, 0.2) is 30.3 Å². The average Bonchev–Trinajstić information content (AvgIpc) is 2.29. The Morgan fingerprint density at radius 1 is 1.33 bits per heavy atom. The third-order valence-electron chi connectivity index (χ3n) is 2.63. The first-order valence-corrected chi connectivity index (χ1v) is 5.06. The summed E-state index contributed by atoms with van der Waals surface area (Å²) in [5, 5.41) is 0. The van der Waals surface area contributed by atoms with E-state index in [1.165, 1.54) is 0 Å². The zero-order chi connectivity index (χ0) is 10.7. The third kappa shape index (κ3) is 2.42. The minimum Gasteiger partial charge on any atom is -0.376 e. The van der Waals surface area contributed by atoms with Crippen molar-refractivity contribution in [2.45, 2.75) is 19.2 Å². The third-order valence-corrected chi connectivity index (χ3v) is 2.63. The maximum atomic E-state index is 12.9. The van der Waals surface area contributed by atoms with Crippen molar-refractivity contribution in [2.24, 2.45) is 5.92 Å². The summed E-state index contributed by atoms with van der Waals surface area (Å²) >= 11 is 0. The van der Waals surface area contributed by atoms with Crippen molar-refractivity contribution >= 4 is 5.78 Å². The first kappa shape index (κ1) is 10.3. The first-order valence-electron chi connectivity index (χ1n) is 5.06. The molecule has 1 aromatic carbocycles. The van der Waals surface area contributed by atoms with Crippen molar-refractivity contribution in [1.29, 1.82) is 0 Å². The van der Waals surface area contributed by atoms with Gasteiger partial charge < -0.3 is 4.74 Å². The summed E-state index contributed by atoms with van der Waals surface area (Å²) in [6.45, 7) is 0.819. The number of hydrogen-bond acceptors (Lipinski definition) is 2. The lowest BCUT2D eigenvalue weighted by molar-refractivity contribution is -0.138. The molecule has 0 N–H and O–H groups in total. The molecule has 2 unspecified atom stereocenters. The lowest BCUT2D eigenvalue weighted by Gasteiger charge is -2.28. The van der Waals surface area contributed by atoms with Crippen LogP contribution in [-0.2, 0) is 16.1 Å². The summed E-state index contributed by atoms with van der Waals surface area (Å²) < 4.78 is 18.2. The Kier molecular flexibility index (Phi) is 3.11. The number of ketones is 1. The summed E-state index contributed by atoms with van der Waals surface area (Å²) in [6.07, 6.45) is -0.962. The summed E-state index contributed by atoms with van der Waals surface area (Å²) in [7, 11) is 0. The summed E-state index contributed by atoms with van der Waals surface area (Å²) in [4.78, 5) is 10.6. The Morgan fingerprint density at radius 3 is 2.67 bits per heavy atom. The molecule has 0 aromatic heterocycles. The van der Waals surface area contributed by atoms with Gasteiger partial charge in [-0.05, 0) is 5.56 Å². The number of benzene rings is 1. The van der Waals surface area contributed by atoms with Gasteiger partial charge in [-0.3, -0.25) is 4.79 Å². The summed E-state index contributed by atoms with van der Waals surface area (Å²) in [5.74, 6) is -0.510. The molecule has 80 valence electrons. The highest BCUT2D eigenvalue weighted by molar-refractivity contribution is 5.89. The van der Waals surface area contributed by atoms with Crippen LogP contribution in [0.5, 0.6) is 0 Å². The summed E-state index contributed by atoms with van der Waals surface area (Å²) in [6, 6.07) is 9.72. The zero-order valence-corrected chi connectivity index (χ0v) is 8.36. The lowest BCUT2D eigenvalue weighted by atomic mass is 9.82. The van der Waals surface area contributed by atoms with Crippen LogP contribution in [0.3, 0.4) is 0 Å². The number of Topliss-reactive ketones (excluding diaryl/α,β-unsaturated/α-hetero) is 1. The van der Waals surface area contributed by atoms with E-state index in [1.807, 2.05) is 30.3 Å². The molecule has 3 heteroatoms. The van der Waals surface area contributed by atoms with Crippen molar-refractivity contribution in [2.75, 3.05) is 6.61 Å². The number of halogens is 1. The Hall–Kier alpha value is -1.22. The van der Waals surface area contributed by atoms with Gasteiger partial charge in [0.15, 0.2) is 12.0 Å². The van der Waals surface area contributed by atoms with E-state index in [9.17, 15) is 9.18 Å². The molecule has 2 nitrogen and oxygen atoms in total. The van der Waals surface area contributed by atoms with Gasteiger partial charge in [0, 0.05) is 12.3 Å². The van der Waals surface area contributed by atoms with E-state index in [4.69, 9.17) is 4.74 Å². The molecule has 1 aliphatic carbocycles. The Morgan fingerprint density at radius 2 is 2.07 bits per heavy atom. The van der Waals surface area contributed by atoms with Crippen LogP contribution in [-0.4, -0.2) is 18.6 Å². The number of carbonyl (C=O) groups excluding carboxylic acids is 1. The number of rotatable bonds is 4. The highest BCUT2D eigenvalue weighted by atomic mass is 19.1. The molecule has 0 saturated heterocycles. The van der Waals surface area contributed by atoms with E-state index in [0.717, 1.165) is 5.56 Å². The van der Waals surface area contributed by atoms with Gasteiger partial charge in [0.25, 0.3) is 0 Å². The number of hydrogen-bond donors (Lipinski definition) is 0. The van der Waals surface area contributed by atoms with E-state index < -0.39 is 6.17 Å². The highest BCUT2D eigenvalue weighted by Gasteiger charge is 2.39. The van der Waals surface area contributed by atoms with Crippen LogP contribution in [0, 0.1) is 5.92 Å². The molecule has 1 saturated carbocycles. The molecule has 0 spiro atoms. The van der Waals surface area contributed by atoms with Gasteiger partial charge in [-0.15, -0.1) is 0 Å². The van der Waals surface area contributed by atoms with Gasteiger partial charge >= 0.3 is 0 Å². The Labute approximate surface area is 88.1 Å². The van der Waals surface area contributed by atoms with E-state index >= 15 is 0 Å². The van der Waals surface area contributed by atoms with E-state index in [-0.39, 0.29) is 11.7 Å². The standard InChI is InChI=1S/C12H13FO2/c13-12-10(6-11(12)14)8-15-7-9-4-2-1-3-5-9/h1-5,10,12H,6-8H2. The quantitative estimate of drug-likeness (QED) is 0.757. The largest absolute Gasteiger partial charge is 0.376 e. The highest BCUT2D eigenvalue weighted by Crippen LogP contribution is 2.27. The molecule has 2 atom stereocenters. The van der Waals surface area contributed by atoms with E-state index in [0.29, 0.717) is 19.6 Å². The molecule has 0 aliphatic heterocycles. The number of carbonyl (C=O) groups is 1. The topological polar surface area (TPSA) is 26.3 Å². The average molecular weight is 208 g/mol. The normalized spacial score (nSPS) is 25.0. The Bertz CT molecular complexity index is 337. The molecule has 2 rings (SSSR count). The second-order valence-electron chi connectivity index (χ2n) is 3.83. The van der Waals surface area contributed by atoms with Crippen LogP contribution >= 0.6 is 0 Å². The van der Waals surface area contributed by atoms with E-state index in [2.05, 4.69) is 0 Å². The minimum atomic E-state index is -1.29. The van der Waals surface area contributed by atoms with Crippen LogP contribution in [0.25, 0.3) is 0 Å². The van der Waals surface area contributed by atoms with E-state index in [1.54, 1.807) is 0 Å². The van der Waals surface area contributed by atoms with Crippen molar-refractivity contribution in [3.63, 3.8) is 0 Å². The lowest BCUT2D eigenvalue weighted by Crippen LogP contribution is -2.41. The maximum Gasteiger partial charge on any atom is 0.167 e. The minimum absolute atomic E-state index is 0.221. The fourth-order valence-corrected chi connectivity index (χ4v) is 1.62. The molecule has 1 aliphatic rings. The fraction of sp³-hybridized carbons (Fsp3) is 0.417. The molecule has 0 radical (unpaired) electrons. The second-order valence-corrected chi connectivity index (χ2v) is 3.83. The van der Waals surface area contributed by atoms with Crippen molar-refractivity contribution < 1.29 is 13.9 Å². The molecule has 0 amide bonds. The van der Waals surface area contributed by atoms with Crippen molar-refractivity contribution in [3.8, 4) is 0 Å². The fourth-order valence-electron chi connectivity index (χ4n) is 1.62. The van der Waals surface area contributed by atoms with Gasteiger partial charge in [0.05, 0.1) is 13.2 Å². The van der Waals surface area contributed by atoms with Crippen LogP contribution in [0.2, 0.25) is 0 Å². The van der Waals surface area contributed by atoms with Gasteiger partial charge in [-0.25, -0.2) is 4.39 Å². The monoisotopic (exact) mass is 208 g/mol. The smallest absolute Gasteiger partial charge is 0.167 e. The SMILES string of the molecule is O=C1CC(COCc2ccccc2)C1F. The number of ether oxygens (including phenoxy) is 1. The molecular formula is C12H13FO2. The Balaban J connectivity index is 1.70. The van der Waals surface area contributed by atoms with Crippen LogP contribution < -0.4 is 0 Å². The van der Waals surface area contributed by atoms with Gasteiger partial charge in [-0.2, -0.15) is 0 Å². The van der Waals surface area contributed by atoms with Gasteiger partial charge in [0.2, 0.25) is 0 Å². The maximum absolute atomic E-state index is 12.9. The van der Waals surface area contributed by atoms with Crippen LogP contribution in [0.4, 0.5) is 4.39 Å². The first-order chi connectivity index (χ1) is 7.27. The molecule has 1 fully saturated rings. The van der Waals surface area contributed by atoms with Gasteiger partial charge in [-0.1, -0.05) is 30.3 Å². The predicted octanol–water partition coefficient (Wildman–Crippen LogP) is 2.13. The molecular weight excluding hydrogens is 195 g/mol.